The van der Waals surface area contributed by atoms with Crippen LogP contribution in [-0.2, 0) is 4.79 Å². The Hall–Kier alpha value is -0.820. The summed E-state index contributed by atoms with van der Waals surface area (Å²) in [6.07, 6.45) is -3.92. The lowest BCUT2D eigenvalue weighted by atomic mass is 9.97. The molecule has 0 fully saturated rings. The average molecular weight is 257 g/mol. The Morgan fingerprint density at radius 2 is 1.65 bits per heavy atom. The van der Waals surface area contributed by atoms with Gasteiger partial charge in [0.25, 0.3) is 0 Å². The smallest absolute Gasteiger partial charge is 0.401 e. The number of hydrogen-bond acceptors (Lipinski definition) is 3. The zero-order valence-corrected chi connectivity index (χ0v) is 9.92. The molecule has 2 N–H and O–H groups in total. The first-order valence-electron chi connectivity index (χ1n) is 5.35. The molecule has 7 heteroatoms. The maximum absolute atomic E-state index is 12.2. The third kappa shape index (κ3) is 7.17. The van der Waals surface area contributed by atoms with Gasteiger partial charge < -0.3 is 10.2 Å². The van der Waals surface area contributed by atoms with Gasteiger partial charge in [-0.25, -0.2) is 0 Å². The van der Waals surface area contributed by atoms with E-state index in [9.17, 15) is 23.1 Å². The van der Waals surface area contributed by atoms with Gasteiger partial charge in [0.15, 0.2) is 0 Å². The van der Waals surface area contributed by atoms with Crippen molar-refractivity contribution in [3.63, 3.8) is 0 Å². The number of halogens is 3. The number of carboxylic acid groups (broad SMARTS) is 1. The number of aliphatic hydroxyl groups is 1. The van der Waals surface area contributed by atoms with Crippen molar-refractivity contribution in [1.29, 1.82) is 0 Å². The fraction of sp³-hybridized carbons (Fsp3) is 0.900. The van der Waals surface area contributed by atoms with E-state index in [1.807, 2.05) is 0 Å². The predicted octanol–water partition coefficient (Wildman–Crippen LogP) is 1.49. The van der Waals surface area contributed by atoms with E-state index in [-0.39, 0.29) is 19.4 Å². The molecule has 0 saturated carbocycles. The Morgan fingerprint density at radius 1 is 1.18 bits per heavy atom. The molecule has 0 aliphatic carbocycles. The summed E-state index contributed by atoms with van der Waals surface area (Å²) in [5.74, 6) is -1.34. The number of carbonyl (C=O) groups is 1. The van der Waals surface area contributed by atoms with Gasteiger partial charge in [0.2, 0.25) is 0 Å². The highest BCUT2D eigenvalue weighted by Crippen LogP contribution is 2.21. The van der Waals surface area contributed by atoms with Gasteiger partial charge in [-0.05, 0) is 12.8 Å². The molecule has 0 saturated heterocycles. The molecule has 0 aromatic rings. The molecule has 102 valence electrons. The molecular formula is C10H18F3NO3. The molecule has 0 atom stereocenters. The van der Waals surface area contributed by atoms with Crippen LogP contribution in [0.3, 0.4) is 0 Å². The van der Waals surface area contributed by atoms with E-state index in [2.05, 4.69) is 0 Å². The van der Waals surface area contributed by atoms with Gasteiger partial charge in [-0.3, -0.25) is 9.69 Å². The SMILES string of the molecule is CCC(O)(CC)CN(CC(=O)O)CC(F)(F)F. The van der Waals surface area contributed by atoms with Crippen LogP contribution < -0.4 is 0 Å². The van der Waals surface area contributed by atoms with E-state index in [0.717, 1.165) is 0 Å². The third-order valence-electron chi connectivity index (χ3n) is 2.60. The summed E-state index contributed by atoms with van der Waals surface area (Å²) >= 11 is 0. The highest BCUT2D eigenvalue weighted by atomic mass is 19.4. The lowest BCUT2D eigenvalue weighted by molar-refractivity contribution is -0.159. The molecule has 0 bridgehead atoms. The van der Waals surface area contributed by atoms with Gasteiger partial charge in [0.05, 0.1) is 18.7 Å². The van der Waals surface area contributed by atoms with Crippen LogP contribution in [0.15, 0.2) is 0 Å². The number of carboxylic acids is 1. The molecule has 0 aromatic heterocycles. The number of hydrogen-bond donors (Lipinski definition) is 2. The van der Waals surface area contributed by atoms with Gasteiger partial charge >= 0.3 is 12.1 Å². The van der Waals surface area contributed by atoms with E-state index in [1.165, 1.54) is 0 Å². The molecule has 17 heavy (non-hydrogen) atoms. The van der Waals surface area contributed by atoms with E-state index >= 15 is 0 Å². The summed E-state index contributed by atoms with van der Waals surface area (Å²) in [5, 5.41) is 18.4. The Labute approximate surface area is 98.0 Å². The van der Waals surface area contributed by atoms with E-state index < -0.39 is 30.8 Å². The molecule has 0 amide bonds. The Balaban J connectivity index is 4.64. The number of nitrogens with zero attached hydrogens (tertiary/aromatic N) is 1. The minimum atomic E-state index is -4.47. The maximum Gasteiger partial charge on any atom is 0.401 e. The normalized spacial score (nSPS) is 13.1. The fourth-order valence-corrected chi connectivity index (χ4v) is 1.50. The summed E-state index contributed by atoms with van der Waals surface area (Å²) in [4.78, 5) is 11.2. The molecule has 0 aromatic carbocycles. The largest absolute Gasteiger partial charge is 0.480 e. The fourth-order valence-electron chi connectivity index (χ4n) is 1.50. The minimum Gasteiger partial charge on any atom is -0.480 e. The van der Waals surface area contributed by atoms with E-state index in [4.69, 9.17) is 5.11 Å². The van der Waals surface area contributed by atoms with Crippen molar-refractivity contribution in [2.24, 2.45) is 0 Å². The first kappa shape index (κ1) is 16.2. The minimum absolute atomic E-state index is 0.275. The lowest BCUT2D eigenvalue weighted by Crippen LogP contribution is -2.47. The monoisotopic (exact) mass is 257 g/mol. The third-order valence-corrected chi connectivity index (χ3v) is 2.60. The van der Waals surface area contributed by atoms with Gasteiger partial charge in [0, 0.05) is 6.54 Å². The van der Waals surface area contributed by atoms with Crippen molar-refractivity contribution in [1.82, 2.24) is 4.90 Å². The van der Waals surface area contributed by atoms with Crippen LogP contribution in [0.5, 0.6) is 0 Å². The van der Waals surface area contributed by atoms with Gasteiger partial charge in [-0.1, -0.05) is 13.8 Å². The lowest BCUT2D eigenvalue weighted by Gasteiger charge is -2.32. The zero-order valence-electron chi connectivity index (χ0n) is 9.92. The molecule has 0 spiro atoms. The van der Waals surface area contributed by atoms with Crippen LogP contribution in [0, 0.1) is 0 Å². The highest BCUT2D eigenvalue weighted by Gasteiger charge is 2.35. The molecule has 0 radical (unpaired) electrons. The van der Waals surface area contributed by atoms with Gasteiger partial charge in [-0.2, -0.15) is 13.2 Å². The van der Waals surface area contributed by atoms with Crippen LogP contribution in [0.1, 0.15) is 26.7 Å². The van der Waals surface area contributed by atoms with Crippen molar-refractivity contribution < 1.29 is 28.2 Å². The Kier molecular flexibility index (Phi) is 5.91. The number of alkyl halides is 3. The summed E-state index contributed by atoms with van der Waals surface area (Å²) < 4.78 is 36.7. The molecular weight excluding hydrogens is 239 g/mol. The first-order chi connectivity index (χ1) is 7.62. The van der Waals surface area contributed by atoms with E-state index in [0.29, 0.717) is 4.90 Å². The summed E-state index contributed by atoms with van der Waals surface area (Å²) in [6.45, 7) is 0.932. The molecule has 4 nitrogen and oxygen atoms in total. The molecule has 0 aliphatic heterocycles. The second kappa shape index (κ2) is 6.20. The quantitative estimate of drug-likeness (QED) is 0.725. The second-order valence-corrected chi connectivity index (χ2v) is 4.09. The van der Waals surface area contributed by atoms with Gasteiger partial charge in [0.1, 0.15) is 0 Å². The standard InChI is InChI=1S/C10H18F3NO3/c1-3-9(17,4-2)6-14(5-8(15)16)7-10(11,12)13/h17H,3-7H2,1-2H3,(H,15,16). The summed E-state index contributed by atoms with van der Waals surface area (Å²) in [7, 11) is 0. The van der Waals surface area contributed by atoms with Crippen LogP contribution in [0.25, 0.3) is 0 Å². The van der Waals surface area contributed by atoms with Crippen molar-refractivity contribution in [3.05, 3.63) is 0 Å². The van der Waals surface area contributed by atoms with Crippen molar-refractivity contribution in [2.45, 2.75) is 38.5 Å². The van der Waals surface area contributed by atoms with Crippen molar-refractivity contribution in [2.75, 3.05) is 19.6 Å². The Bertz CT molecular complexity index is 252. The summed E-state index contributed by atoms with van der Waals surface area (Å²) in [5.41, 5.74) is -1.28. The first-order valence-corrected chi connectivity index (χ1v) is 5.35. The molecule has 0 rings (SSSR count). The number of aliphatic carboxylic acids is 1. The van der Waals surface area contributed by atoms with Crippen LogP contribution in [0.4, 0.5) is 13.2 Å². The highest BCUT2D eigenvalue weighted by molar-refractivity contribution is 5.69. The zero-order chi connectivity index (χ0) is 13.7. The van der Waals surface area contributed by atoms with Crippen molar-refractivity contribution >= 4 is 5.97 Å². The van der Waals surface area contributed by atoms with E-state index in [1.54, 1.807) is 13.8 Å². The van der Waals surface area contributed by atoms with Crippen LogP contribution in [0.2, 0.25) is 0 Å². The average Bonchev–Trinajstić information content (AvgIpc) is 2.13. The Morgan fingerprint density at radius 3 is 1.94 bits per heavy atom. The molecule has 0 aliphatic rings. The predicted molar refractivity (Wildman–Crippen MR) is 55.7 cm³/mol. The van der Waals surface area contributed by atoms with Crippen LogP contribution in [-0.4, -0.2) is 52.5 Å². The summed E-state index contributed by atoms with van der Waals surface area (Å²) in [6, 6.07) is 0. The molecule has 0 heterocycles. The maximum atomic E-state index is 12.2. The number of rotatable bonds is 7. The molecule has 0 unspecified atom stereocenters. The van der Waals surface area contributed by atoms with Crippen molar-refractivity contribution in [3.8, 4) is 0 Å². The second-order valence-electron chi connectivity index (χ2n) is 4.09. The van der Waals surface area contributed by atoms with Gasteiger partial charge in [-0.15, -0.1) is 0 Å². The van der Waals surface area contributed by atoms with Crippen LogP contribution >= 0.6 is 0 Å². The topological polar surface area (TPSA) is 60.8 Å².